The Hall–Kier alpha value is -1.31. The Bertz CT molecular complexity index is 544. The molecule has 19 heavy (non-hydrogen) atoms. The molecule has 0 fully saturated rings. The van der Waals surface area contributed by atoms with Crippen LogP contribution in [0.2, 0.25) is 0 Å². The Balaban J connectivity index is 2.40. The number of rotatable bonds is 4. The second-order valence-corrected chi connectivity index (χ2v) is 7.09. The summed E-state index contributed by atoms with van der Waals surface area (Å²) in [4.78, 5) is 4.84. The van der Waals surface area contributed by atoms with Crippen molar-refractivity contribution in [1.29, 1.82) is 0 Å². The third-order valence-electron chi connectivity index (χ3n) is 3.35. The number of fused-ring (bicyclic) bond motifs is 1. The molecule has 2 rings (SSSR count). The quantitative estimate of drug-likeness (QED) is 0.779. The molecule has 0 aliphatic heterocycles. The summed E-state index contributed by atoms with van der Waals surface area (Å²) >= 11 is 0. The van der Waals surface area contributed by atoms with Crippen LogP contribution in [0.15, 0.2) is 24.3 Å². The predicted octanol–water partition coefficient (Wildman–Crippen LogP) is 4.67. The summed E-state index contributed by atoms with van der Waals surface area (Å²) in [5.74, 6) is 1.96. The molecule has 0 bridgehead atoms. The molecule has 0 N–H and O–H groups in total. The molecule has 0 saturated carbocycles. The summed E-state index contributed by atoms with van der Waals surface area (Å²) in [7, 11) is 0. The van der Waals surface area contributed by atoms with Gasteiger partial charge in [-0.1, -0.05) is 46.8 Å². The number of imidazole rings is 1. The lowest BCUT2D eigenvalue weighted by molar-refractivity contribution is 0.388. The summed E-state index contributed by atoms with van der Waals surface area (Å²) in [6.07, 6.45) is 2.23. The molecule has 0 radical (unpaired) electrons. The molecule has 104 valence electrons. The van der Waals surface area contributed by atoms with Gasteiger partial charge in [-0.25, -0.2) is 4.98 Å². The van der Waals surface area contributed by atoms with Crippen LogP contribution in [-0.2, 0) is 13.0 Å². The average Bonchev–Trinajstić information content (AvgIpc) is 2.61. The normalized spacial score (nSPS) is 12.5. The molecule has 2 heteroatoms. The number of hydrogen-bond donors (Lipinski definition) is 0. The van der Waals surface area contributed by atoms with Crippen LogP contribution in [0.1, 0.15) is 46.9 Å². The molecule has 1 aromatic carbocycles. The van der Waals surface area contributed by atoms with Gasteiger partial charge in [-0.05, 0) is 29.9 Å². The number of para-hydroxylation sites is 2. The van der Waals surface area contributed by atoms with Gasteiger partial charge >= 0.3 is 0 Å². The van der Waals surface area contributed by atoms with E-state index in [1.807, 2.05) is 0 Å². The summed E-state index contributed by atoms with van der Waals surface area (Å²) < 4.78 is 2.42. The average molecular weight is 258 g/mol. The SMILES string of the molecule is CC(C)CCn1c(CC(C)(C)C)nc2ccccc21. The first kappa shape index (κ1) is 14.1. The number of hydrogen-bond acceptors (Lipinski definition) is 1. The van der Waals surface area contributed by atoms with Gasteiger partial charge in [0.15, 0.2) is 0 Å². The van der Waals surface area contributed by atoms with E-state index in [0.29, 0.717) is 0 Å². The first-order chi connectivity index (χ1) is 8.87. The monoisotopic (exact) mass is 258 g/mol. The molecule has 0 spiro atoms. The highest BCUT2D eigenvalue weighted by atomic mass is 15.1. The Morgan fingerprint density at radius 1 is 1.16 bits per heavy atom. The summed E-state index contributed by atoms with van der Waals surface area (Å²) in [6, 6.07) is 8.49. The lowest BCUT2D eigenvalue weighted by Gasteiger charge is -2.19. The van der Waals surface area contributed by atoms with Crippen molar-refractivity contribution in [1.82, 2.24) is 9.55 Å². The van der Waals surface area contributed by atoms with Crippen LogP contribution >= 0.6 is 0 Å². The van der Waals surface area contributed by atoms with E-state index >= 15 is 0 Å². The minimum Gasteiger partial charge on any atom is -0.328 e. The summed E-state index contributed by atoms with van der Waals surface area (Å²) in [5, 5.41) is 0. The summed E-state index contributed by atoms with van der Waals surface area (Å²) in [6.45, 7) is 12.5. The first-order valence-electron chi connectivity index (χ1n) is 7.31. The maximum absolute atomic E-state index is 4.84. The number of benzene rings is 1. The topological polar surface area (TPSA) is 17.8 Å². The summed E-state index contributed by atoms with van der Waals surface area (Å²) in [5.41, 5.74) is 2.68. The zero-order chi connectivity index (χ0) is 14.0. The van der Waals surface area contributed by atoms with Crippen molar-refractivity contribution < 1.29 is 0 Å². The van der Waals surface area contributed by atoms with Crippen LogP contribution in [0.5, 0.6) is 0 Å². The van der Waals surface area contributed by atoms with Crippen molar-refractivity contribution in [2.75, 3.05) is 0 Å². The Morgan fingerprint density at radius 2 is 1.84 bits per heavy atom. The smallest absolute Gasteiger partial charge is 0.110 e. The van der Waals surface area contributed by atoms with Crippen molar-refractivity contribution in [3.05, 3.63) is 30.1 Å². The third-order valence-corrected chi connectivity index (χ3v) is 3.35. The fourth-order valence-electron chi connectivity index (χ4n) is 2.37. The van der Waals surface area contributed by atoms with Crippen molar-refractivity contribution in [3.63, 3.8) is 0 Å². The highest BCUT2D eigenvalue weighted by Gasteiger charge is 2.18. The van der Waals surface area contributed by atoms with E-state index in [1.165, 1.54) is 17.8 Å². The van der Waals surface area contributed by atoms with Crippen molar-refractivity contribution >= 4 is 11.0 Å². The van der Waals surface area contributed by atoms with Crippen LogP contribution in [-0.4, -0.2) is 9.55 Å². The van der Waals surface area contributed by atoms with Crippen LogP contribution in [0.25, 0.3) is 11.0 Å². The fraction of sp³-hybridized carbons (Fsp3) is 0.588. The minimum absolute atomic E-state index is 0.275. The fourth-order valence-corrected chi connectivity index (χ4v) is 2.37. The Kier molecular flexibility index (Phi) is 3.98. The molecule has 0 unspecified atom stereocenters. The molecule has 2 nitrogen and oxygen atoms in total. The van der Waals surface area contributed by atoms with E-state index in [2.05, 4.69) is 63.5 Å². The molecule has 0 amide bonds. The molecular formula is C17H26N2. The predicted molar refractivity (Wildman–Crippen MR) is 82.3 cm³/mol. The molecule has 0 aliphatic carbocycles. The highest BCUT2D eigenvalue weighted by Crippen LogP contribution is 2.24. The van der Waals surface area contributed by atoms with Crippen LogP contribution in [0.4, 0.5) is 0 Å². The number of aryl methyl sites for hydroxylation is 1. The van der Waals surface area contributed by atoms with E-state index in [9.17, 15) is 0 Å². The molecule has 2 aromatic rings. The van der Waals surface area contributed by atoms with E-state index in [-0.39, 0.29) is 5.41 Å². The number of aromatic nitrogens is 2. The van der Waals surface area contributed by atoms with Gasteiger partial charge in [-0.3, -0.25) is 0 Å². The van der Waals surface area contributed by atoms with Gasteiger partial charge in [0.05, 0.1) is 11.0 Å². The van der Waals surface area contributed by atoms with Crippen LogP contribution in [0.3, 0.4) is 0 Å². The van der Waals surface area contributed by atoms with E-state index in [0.717, 1.165) is 24.4 Å². The standard InChI is InChI=1S/C17H26N2/c1-13(2)10-11-19-15-9-7-6-8-14(15)18-16(19)12-17(3,4)5/h6-9,13H,10-12H2,1-5H3. The largest absolute Gasteiger partial charge is 0.328 e. The van der Waals surface area contributed by atoms with Gasteiger partial charge in [0.2, 0.25) is 0 Å². The zero-order valence-corrected chi connectivity index (χ0v) is 12.9. The maximum Gasteiger partial charge on any atom is 0.110 e. The van der Waals surface area contributed by atoms with E-state index in [1.54, 1.807) is 0 Å². The van der Waals surface area contributed by atoms with Gasteiger partial charge in [-0.15, -0.1) is 0 Å². The Labute approximate surface area is 116 Å². The van der Waals surface area contributed by atoms with Gasteiger partial charge in [0.1, 0.15) is 5.82 Å². The maximum atomic E-state index is 4.84. The first-order valence-corrected chi connectivity index (χ1v) is 7.31. The van der Waals surface area contributed by atoms with Gasteiger partial charge < -0.3 is 4.57 Å². The van der Waals surface area contributed by atoms with Gasteiger partial charge in [0, 0.05) is 13.0 Å². The molecule has 1 aromatic heterocycles. The number of nitrogens with zero attached hydrogens (tertiary/aromatic N) is 2. The van der Waals surface area contributed by atoms with Crippen molar-refractivity contribution in [2.24, 2.45) is 11.3 Å². The van der Waals surface area contributed by atoms with E-state index in [4.69, 9.17) is 4.98 Å². The third kappa shape index (κ3) is 3.59. The van der Waals surface area contributed by atoms with Crippen molar-refractivity contribution in [3.8, 4) is 0 Å². The molecule has 0 atom stereocenters. The molecule has 1 heterocycles. The highest BCUT2D eigenvalue weighted by molar-refractivity contribution is 5.75. The second kappa shape index (κ2) is 5.36. The minimum atomic E-state index is 0.275. The lowest BCUT2D eigenvalue weighted by atomic mass is 9.92. The van der Waals surface area contributed by atoms with Crippen molar-refractivity contribution in [2.45, 2.75) is 54.0 Å². The molecular weight excluding hydrogens is 232 g/mol. The van der Waals surface area contributed by atoms with Gasteiger partial charge in [-0.2, -0.15) is 0 Å². The van der Waals surface area contributed by atoms with Gasteiger partial charge in [0.25, 0.3) is 0 Å². The zero-order valence-electron chi connectivity index (χ0n) is 12.9. The second-order valence-electron chi connectivity index (χ2n) is 7.09. The Morgan fingerprint density at radius 3 is 2.47 bits per heavy atom. The molecule has 0 saturated heterocycles. The van der Waals surface area contributed by atoms with Crippen LogP contribution in [0, 0.1) is 11.3 Å². The molecule has 0 aliphatic rings. The van der Waals surface area contributed by atoms with Crippen LogP contribution < -0.4 is 0 Å². The lowest BCUT2D eigenvalue weighted by Crippen LogP contribution is -2.15. The van der Waals surface area contributed by atoms with E-state index < -0.39 is 0 Å².